The van der Waals surface area contributed by atoms with Gasteiger partial charge in [-0.1, -0.05) is 35.5 Å². The van der Waals surface area contributed by atoms with Crippen molar-refractivity contribution in [3.05, 3.63) is 71.7 Å². The Morgan fingerprint density at radius 2 is 1.85 bits per heavy atom. The van der Waals surface area contributed by atoms with E-state index in [1.165, 1.54) is 10.9 Å². The molecule has 0 amide bonds. The molecule has 3 fully saturated rings. The van der Waals surface area contributed by atoms with E-state index in [1.807, 2.05) is 6.07 Å². The van der Waals surface area contributed by atoms with Crippen LogP contribution in [0.1, 0.15) is 43.1 Å². The summed E-state index contributed by atoms with van der Waals surface area (Å²) < 4.78 is 74.1. The number of halogens is 3. The average Bonchev–Trinajstić information content (AvgIpc) is 3.61. The van der Waals surface area contributed by atoms with Gasteiger partial charge in [-0.05, 0) is 32.4 Å². The molecular formula is C28H28F3N3O6. The number of hydrogen-bond acceptors (Lipinski definition) is 8. The van der Waals surface area contributed by atoms with E-state index in [-0.39, 0.29) is 30.3 Å². The minimum absolute atomic E-state index is 0.00281. The SMILES string of the molecule is CC1(C)OC[C@H]2O[C@@]3(CCCO3)C(OCC(=O)c3ccccc3)[C@@H](n3cc(-c4cc(F)c(F)c(F)c4)nn3)[C@H]2O1. The predicted molar refractivity (Wildman–Crippen MR) is 133 cm³/mol. The van der Waals surface area contributed by atoms with E-state index in [2.05, 4.69) is 10.3 Å². The molecule has 2 aromatic carbocycles. The smallest absolute Gasteiger partial charge is 0.197 e. The highest BCUT2D eigenvalue weighted by molar-refractivity contribution is 5.97. The van der Waals surface area contributed by atoms with Crippen molar-refractivity contribution in [2.75, 3.05) is 19.8 Å². The molecule has 5 atom stereocenters. The van der Waals surface area contributed by atoms with Crippen molar-refractivity contribution in [1.82, 2.24) is 15.0 Å². The lowest BCUT2D eigenvalue weighted by molar-refractivity contribution is -0.402. The Bertz CT molecular complexity index is 1370. The lowest BCUT2D eigenvalue weighted by Gasteiger charge is -2.54. The topological polar surface area (TPSA) is 93.9 Å². The van der Waals surface area contributed by atoms with Crippen LogP contribution in [0.4, 0.5) is 13.2 Å². The molecule has 3 aliphatic heterocycles. The summed E-state index contributed by atoms with van der Waals surface area (Å²) in [4.78, 5) is 13.0. The maximum absolute atomic E-state index is 14.0. The summed E-state index contributed by atoms with van der Waals surface area (Å²) in [5, 5.41) is 8.36. The summed E-state index contributed by atoms with van der Waals surface area (Å²) >= 11 is 0. The number of Topliss-reactive ketones (excluding diaryl/α,β-unsaturated/α-hetero) is 1. The largest absolute Gasteiger partial charge is 0.362 e. The van der Waals surface area contributed by atoms with Crippen molar-refractivity contribution in [1.29, 1.82) is 0 Å². The lowest BCUT2D eigenvalue weighted by atomic mass is 9.87. The molecule has 0 bridgehead atoms. The molecular weight excluding hydrogens is 531 g/mol. The van der Waals surface area contributed by atoms with E-state index in [0.29, 0.717) is 25.0 Å². The van der Waals surface area contributed by atoms with Gasteiger partial charge in [0, 0.05) is 17.5 Å². The number of hydrogen-bond donors (Lipinski definition) is 0. The first-order valence-electron chi connectivity index (χ1n) is 13.1. The first-order chi connectivity index (χ1) is 19.2. The normalized spacial score (nSPS) is 29.4. The summed E-state index contributed by atoms with van der Waals surface area (Å²) in [5.41, 5.74) is 0.595. The van der Waals surface area contributed by atoms with E-state index in [1.54, 1.807) is 38.1 Å². The third-order valence-electron chi connectivity index (χ3n) is 7.41. The molecule has 3 saturated heterocycles. The Labute approximate surface area is 228 Å². The van der Waals surface area contributed by atoms with Gasteiger partial charge in [0.1, 0.15) is 36.7 Å². The second kappa shape index (κ2) is 10.3. The van der Waals surface area contributed by atoms with Gasteiger partial charge >= 0.3 is 0 Å². The second-order valence-corrected chi connectivity index (χ2v) is 10.6. The molecule has 0 radical (unpaired) electrons. The fourth-order valence-electron chi connectivity index (χ4n) is 5.56. The van der Waals surface area contributed by atoms with E-state index < -0.39 is 53.4 Å². The van der Waals surface area contributed by atoms with Crippen molar-refractivity contribution in [2.45, 2.75) is 62.6 Å². The zero-order valence-electron chi connectivity index (χ0n) is 21.9. The molecule has 1 aromatic heterocycles. The third kappa shape index (κ3) is 4.94. The fraction of sp³-hybridized carbons (Fsp3) is 0.464. The Morgan fingerprint density at radius 3 is 2.55 bits per heavy atom. The Morgan fingerprint density at radius 1 is 1.10 bits per heavy atom. The zero-order valence-corrected chi connectivity index (χ0v) is 21.9. The molecule has 0 N–H and O–H groups in total. The number of carbonyl (C=O) groups excluding carboxylic acids is 1. The molecule has 3 aliphatic rings. The minimum atomic E-state index is -1.57. The van der Waals surface area contributed by atoms with E-state index in [9.17, 15) is 18.0 Å². The van der Waals surface area contributed by atoms with Crippen LogP contribution in [0, 0.1) is 17.5 Å². The molecule has 0 saturated carbocycles. The fourth-order valence-corrected chi connectivity index (χ4v) is 5.56. The summed E-state index contributed by atoms with van der Waals surface area (Å²) in [7, 11) is 0. The van der Waals surface area contributed by atoms with E-state index in [4.69, 9.17) is 23.7 Å². The number of ether oxygens (including phenoxy) is 5. The monoisotopic (exact) mass is 559 g/mol. The van der Waals surface area contributed by atoms with Gasteiger partial charge in [0.2, 0.25) is 0 Å². The van der Waals surface area contributed by atoms with Crippen LogP contribution < -0.4 is 0 Å². The molecule has 4 heterocycles. The number of nitrogens with zero attached hydrogens (tertiary/aromatic N) is 3. The Kier molecular flexibility index (Phi) is 6.99. The maximum atomic E-state index is 14.0. The van der Waals surface area contributed by atoms with Crippen LogP contribution in [-0.2, 0) is 23.7 Å². The second-order valence-electron chi connectivity index (χ2n) is 10.6. The van der Waals surface area contributed by atoms with Crippen LogP contribution in [0.3, 0.4) is 0 Å². The third-order valence-corrected chi connectivity index (χ3v) is 7.41. The summed E-state index contributed by atoms with van der Waals surface area (Å²) in [6.07, 6.45) is 0.523. The highest BCUT2D eigenvalue weighted by Crippen LogP contribution is 2.48. The summed E-state index contributed by atoms with van der Waals surface area (Å²) in [5.74, 6) is -6.69. The van der Waals surface area contributed by atoms with Crippen molar-refractivity contribution >= 4 is 5.78 Å². The first kappa shape index (κ1) is 27.0. The highest BCUT2D eigenvalue weighted by atomic mass is 19.2. The Balaban J connectivity index is 1.39. The van der Waals surface area contributed by atoms with Gasteiger partial charge < -0.3 is 23.7 Å². The quantitative estimate of drug-likeness (QED) is 0.327. The average molecular weight is 560 g/mol. The number of aromatic nitrogens is 3. The molecule has 0 aliphatic carbocycles. The number of rotatable bonds is 6. The summed E-state index contributed by atoms with van der Waals surface area (Å²) in [6, 6.07) is 9.71. The van der Waals surface area contributed by atoms with Crippen LogP contribution in [0.5, 0.6) is 0 Å². The van der Waals surface area contributed by atoms with Crippen molar-refractivity contribution in [3.63, 3.8) is 0 Å². The maximum Gasteiger partial charge on any atom is 0.197 e. The lowest BCUT2D eigenvalue weighted by Crippen LogP contribution is -2.67. The van der Waals surface area contributed by atoms with Gasteiger partial charge in [0.05, 0.1) is 19.4 Å². The Hall–Kier alpha value is -3.16. The molecule has 1 spiro atoms. The molecule has 1 unspecified atom stereocenters. The molecule has 6 rings (SSSR count). The van der Waals surface area contributed by atoms with Crippen molar-refractivity contribution < 1.29 is 41.7 Å². The van der Waals surface area contributed by atoms with Crippen LogP contribution in [-0.4, -0.2) is 70.5 Å². The molecule has 12 heteroatoms. The van der Waals surface area contributed by atoms with Gasteiger partial charge in [-0.15, -0.1) is 5.10 Å². The van der Waals surface area contributed by atoms with Crippen LogP contribution in [0.2, 0.25) is 0 Å². The standard InChI is InChI=1S/C28H28F3N3O6/c1-27(2)38-15-22-25(40-27)24(34-13-20(32-33-34)17-11-18(29)23(31)19(30)12-17)26(28(39-22)9-6-10-37-28)36-14-21(35)16-7-4-3-5-8-16/h3-5,7-8,11-13,22,24-26H,6,9-10,14-15H2,1-2H3/t22-,24+,25+,26?,28+/m1/s1. The predicted octanol–water partition coefficient (Wildman–Crippen LogP) is 4.23. The van der Waals surface area contributed by atoms with Gasteiger partial charge in [0.15, 0.2) is 34.8 Å². The van der Waals surface area contributed by atoms with E-state index >= 15 is 0 Å². The summed E-state index contributed by atoms with van der Waals surface area (Å²) in [6.45, 7) is 3.88. The number of fused-ring (bicyclic) bond motifs is 1. The first-order valence-corrected chi connectivity index (χ1v) is 13.1. The van der Waals surface area contributed by atoms with Crippen LogP contribution in [0.15, 0.2) is 48.7 Å². The highest BCUT2D eigenvalue weighted by Gasteiger charge is 2.61. The van der Waals surface area contributed by atoms with Crippen LogP contribution >= 0.6 is 0 Å². The van der Waals surface area contributed by atoms with Crippen molar-refractivity contribution in [2.24, 2.45) is 0 Å². The molecule has 40 heavy (non-hydrogen) atoms. The minimum Gasteiger partial charge on any atom is -0.362 e. The van der Waals surface area contributed by atoms with Gasteiger partial charge in [-0.25, -0.2) is 17.9 Å². The van der Waals surface area contributed by atoms with Crippen molar-refractivity contribution in [3.8, 4) is 11.3 Å². The molecule has 3 aromatic rings. The number of ketones is 1. The number of carbonyl (C=O) groups is 1. The van der Waals surface area contributed by atoms with Gasteiger partial charge in [-0.3, -0.25) is 4.79 Å². The van der Waals surface area contributed by atoms with Crippen LogP contribution in [0.25, 0.3) is 11.3 Å². The zero-order chi connectivity index (χ0) is 28.1. The van der Waals surface area contributed by atoms with Gasteiger partial charge in [0.25, 0.3) is 0 Å². The van der Waals surface area contributed by atoms with Gasteiger partial charge in [-0.2, -0.15) is 0 Å². The number of benzene rings is 2. The molecule has 212 valence electrons. The van der Waals surface area contributed by atoms with E-state index in [0.717, 1.165) is 12.1 Å². The molecule has 9 nitrogen and oxygen atoms in total.